The number of carbonyl (C=O) groups is 1. The summed E-state index contributed by atoms with van der Waals surface area (Å²) in [6.07, 6.45) is 0. The predicted molar refractivity (Wildman–Crippen MR) is 119 cm³/mol. The van der Waals surface area contributed by atoms with Crippen molar-refractivity contribution in [3.8, 4) is 5.75 Å². The molecule has 2 heterocycles. The SMILES string of the molecule is CC(NC(=O)c1oc2ccccc2c1COc1ccccc1)c1nc2ccccc2[nH]1. The van der Waals surface area contributed by atoms with E-state index in [9.17, 15) is 4.79 Å². The van der Waals surface area contributed by atoms with E-state index in [4.69, 9.17) is 9.15 Å². The number of amides is 1. The predicted octanol–water partition coefficient (Wildman–Crippen LogP) is 5.38. The molecule has 5 rings (SSSR count). The molecule has 2 N–H and O–H groups in total. The number of imidazole rings is 1. The summed E-state index contributed by atoms with van der Waals surface area (Å²) in [6, 6.07) is 24.5. The van der Waals surface area contributed by atoms with Gasteiger partial charge in [-0.05, 0) is 37.3 Å². The third-order valence-electron chi connectivity index (χ3n) is 5.20. The zero-order chi connectivity index (χ0) is 21.2. The van der Waals surface area contributed by atoms with E-state index < -0.39 is 0 Å². The number of aromatic amines is 1. The van der Waals surface area contributed by atoms with Gasteiger partial charge in [0.05, 0.1) is 17.1 Å². The molecule has 5 aromatic rings. The number of ether oxygens (including phenoxy) is 1. The molecule has 1 amide bonds. The molecular formula is C25H21N3O3. The molecule has 0 aliphatic carbocycles. The number of nitrogens with zero attached hydrogens (tertiary/aromatic N) is 1. The van der Waals surface area contributed by atoms with Crippen molar-refractivity contribution in [1.82, 2.24) is 15.3 Å². The maximum atomic E-state index is 13.1. The van der Waals surface area contributed by atoms with Gasteiger partial charge in [-0.25, -0.2) is 4.98 Å². The number of H-pyrrole nitrogens is 1. The Labute approximate surface area is 178 Å². The molecule has 0 aliphatic rings. The molecule has 2 aromatic heterocycles. The van der Waals surface area contributed by atoms with Crippen LogP contribution in [0, 0.1) is 0 Å². The first-order chi connectivity index (χ1) is 15.2. The number of carbonyl (C=O) groups excluding carboxylic acids is 1. The van der Waals surface area contributed by atoms with Crippen molar-refractivity contribution in [2.75, 3.05) is 0 Å². The number of furan rings is 1. The number of rotatable bonds is 6. The molecule has 154 valence electrons. The Bertz CT molecular complexity index is 1320. The summed E-state index contributed by atoms with van der Waals surface area (Å²) in [6.45, 7) is 2.11. The van der Waals surface area contributed by atoms with Gasteiger partial charge in [0.15, 0.2) is 5.76 Å². The van der Waals surface area contributed by atoms with E-state index in [1.807, 2.05) is 85.8 Å². The van der Waals surface area contributed by atoms with Gasteiger partial charge in [-0.15, -0.1) is 0 Å². The van der Waals surface area contributed by atoms with Gasteiger partial charge in [0.2, 0.25) is 0 Å². The van der Waals surface area contributed by atoms with Gasteiger partial charge in [0.25, 0.3) is 5.91 Å². The van der Waals surface area contributed by atoms with Crippen LogP contribution in [0.15, 0.2) is 83.3 Å². The summed E-state index contributed by atoms with van der Waals surface area (Å²) in [4.78, 5) is 21.0. The molecule has 6 heteroatoms. The molecule has 0 spiro atoms. The van der Waals surface area contributed by atoms with Crippen LogP contribution in [0.1, 0.15) is 34.9 Å². The van der Waals surface area contributed by atoms with E-state index in [2.05, 4.69) is 15.3 Å². The smallest absolute Gasteiger partial charge is 0.288 e. The van der Waals surface area contributed by atoms with Gasteiger partial charge in [0.1, 0.15) is 23.8 Å². The topological polar surface area (TPSA) is 80.2 Å². The first kappa shape index (κ1) is 18.9. The van der Waals surface area contributed by atoms with Crippen molar-refractivity contribution in [3.63, 3.8) is 0 Å². The van der Waals surface area contributed by atoms with Crippen LogP contribution >= 0.6 is 0 Å². The fourth-order valence-electron chi connectivity index (χ4n) is 3.61. The number of fused-ring (bicyclic) bond motifs is 2. The number of hydrogen-bond acceptors (Lipinski definition) is 4. The maximum absolute atomic E-state index is 13.1. The Kier molecular flexibility index (Phi) is 4.88. The van der Waals surface area contributed by atoms with Crippen LogP contribution in [0.4, 0.5) is 0 Å². The number of aromatic nitrogens is 2. The second-order valence-electron chi connectivity index (χ2n) is 7.34. The van der Waals surface area contributed by atoms with Crippen LogP contribution in [0.2, 0.25) is 0 Å². The minimum absolute atomic E-state index is 0.225. The highest BCUT2D eigenvalue weighted by Gasteiger charge is 2.23. The van der Waals surface area contributed by atoms with Gasteiger partial charge in [-0.3, -0.25) is 4.79 Å². The van der Waals surface area contributed by atoms with Crippen molar-refractivity contribution < 1.29 is 13.9 Å². The van der Waals surface area contributed by atoms with Crippen LogP contribution < -0.4 is 10.1 Å². The molecule has 0 bridgehead atoms. The van der Waals surface area contributed by atoms with Gasteiger partial charge in [0, 0.05) is 10.9 Å². The van der Waals surface area contributed by atoms with Crippen molar-refractivity contribution in [3.05, 3.63) is 96.0 Å². The Morgan fingerprint density at radius 3 is 2.61 bits per heavy atom. The van der Waals surface area contributed by atoms with Gasteiger partial charge < -0.3 is 19.5 Å². The molecule has 1 atom stereocenters. The minimum atomic E-state index is -0.323. The number of para-hydroxylation sites is 4. The number of benzene rings is 3. The van der Waals surface area contributed by atoms with Crippen LogP contribution in [0.25, 0.3) is 22.0 Å². The Hall–Kier alpha value is -4.06. The minimum Gasteiger partial charge on any atom is -0.489 e. The van der Waals surface area contributed by atoms with E-state index in [0.717, 1.165) is 22.2 Å². The summed E-state index contributed by atoms with van der Waals surface area (Å²) >= 11 is 0. The normalized spacial score (nSPS) is 12.2. The highest BCUT2D eigenvalue weighted by Crippen LogP contribution is 2.28. The van der Waals surface area contributed by atoms with Crippen molar-refractivity contribution in [2.24, 2.45) is 0 Å². The number of hydrogen-bond donors (Lipinski definition) is 2. The highest BCUT2D eigenvalue weighted by atomic mass is 16.5. The lowest BCUT2D eigenvalue weighted by molar-refractivity contribution is 0.0909. The molecule has 0 fully saturated rings. The Morgan fingerprint density at radius 2 is 1.77 bits per heavy atom. The van der Waals surface area contributed by atoms with Crippen molar-refractivity contribution >= 4 is 27.9 Å². The average Bonchev–Trinajstić information content (AvgIpc) is 3.40. The van der Waals surface area contributed by atoms with E-state index in [1.165, 1.54) is 0 Å². The summed E-state index contributed by atoms with van der Waals surface area (Å²) in [5, 5.41) is 3.85. The molecule has 0 saturated carbocycles. The summed E-state index contributed by atoms with van der Waals surface area (Å²) in [5.74, 6) is 1.36. The highest BCUT2D eigenvalue weighted by molar-refractivity contribution is 5.99. The second-order valence-corrected chi connectivity index (χ2v) is 7.34. The zero-order valence-electron chi connectivity index (χ0n) is 17.0. The monoisotopic (exact) mass is 411 g/mol. The molecule has 31 heavy (non-hydrogen) atoms. The lowest BCUT2D eigenvalue weighted by Crippen LogP contribution is -2.28. The third-order valence-corrected chi connectivity index (χ3v) is 5.20. The van der Waals surface area contributed by atoms with Crippen LogP contribution in [0.3, 0.4) is 0 Å². The zero-order valence-corrected chi connectivity index (χ0v) is 17.0. The third kappa shape index (κ3) is 3.75. The average molecular weight is 411 g/mol. The molecule has 0 saturated heterocycles. The number of nitrogens with one attached hydrogen (secondary N) is 2. The Morgan fingerprint density at radius 1 is 1.03 bits per heavy atom. The molecular weight excluding hydrogens is 390 g/mol. The van der Waals surface area contributed by atoms with Crippen LogP contribution in [-0.4, -0.2) is 15.9 Å². The van der Waals surface area contributed by atoms with E-state index in [1.54, 1.807) is 0 Å². The van der Waals surface area contributed by atoms with Crippen LogP contribution in [-0.2, 0) is 6.61 Å². The first-order valence-corrected chi connectivity index (χ1v) is 10.1. The van der Waals surface area contributed by atoms with Gasteiger partial charge >= 0.3 is 0 Å². The van der Waals surface area contributed by atoms with Gasteiger partial charge in [-0.2, -0.15) is 0 Å². The van der Waals surface area contributed by atoms with Crippen molar-refractivity contribution in [1.29, 1.82) is 0 Å². The summed E-state index contributed by atoms with van der Waals surface area (Å²) in [5.41, 5.74) is 3.16. The first-order valence-electron chi connectivity index (χ1n) is 10.1. The maximum Gasteiger partial charge on any atom is 0.288 e. The summed E-state index contributed by atoms with van der Waals surface area (Å²) in [7, 11) is 0. The lowest BCUT2D eigenvalue weighted by Gasteiger charge is -2.11. The molecule has 0 aliphatic heterocycles. The van der Waals surface area contributed by atoms with Crippen molar-refractivity contribution in [2.45, 2.75) is 19.6 Å². The fraction of sp³-hybridized carbons (Fsp3) is 0.120. The molecule has 1 unspecified atom stereocenters. The van der Waals surface area contributed by atoms with E-state index in [-0.39, 0.29) is 24.3 Å². The lowest BCUT2D eigenvalue weighted by atomic mass is 10.1. The Balaban J connectivity index is 1.42. The summed E-state index contributed by atoms with van der Waals surface area (Å²) < 4.78 is 11.8. The second kappa shape index (κ2) is 7.99. The van der Waals surface area contributed by atoms with Gasteiger partial charge in [-0.1, -0.05) is 48.5 Å². The molecule has 6 nitrogen and oxygen atoms in total. The fourth-order valence-corrected chi connectivity index (χ4v) is 3.61. The van der Waals surface area contributed by atoms with E-state index >= 15 is 0 Å². The largest absolute Gasteiger partial charge is 0.489 e. The quantitative estimate of drug-likeness (QED) is 0.393. The standard InChI is InChI=1S/C25H21N3O3/c1-16(24-27-20-12-6-7-13-21(20)28-24)26-25(29)23-19(15-30-17-9-3-2-4-10-17)18-11-5-8-14-22(18)31-23/h2-14,16H,15H2,1H3,(H,26,29)(H,27,28). The molecule has 3 aromatic carbocycles. The molecule has 0 radical (unpaired) electrons. The van der Waals surface area contributed by atoms with Crippen LogP contribution in [0.5, 0.6) is 5.75 Å². The van der Waals surface area contributed by atoms with E-state index in [0.29, 0.717) is 17.0 Å².